The molecule has 0 fully saturated rings. The molecule has 1 aromatic heterocycles. The van der Waals surface area contributed by atoms with Crippen molar-refractivity contribution in [3.8, 4) is 11.5 Å². The number of methoxy groups -OCH3 is 1. The first kappa shape index (κ1) is 13.6. The number of aryl methyl sites for hydroxylation is 1. The fourth-order valence-corrected chi connectivity index (χ4v) is 1.66. The Hall–Kier alpha value is -1.79. The number of benzene rings is 1. The van der Waals surface area contributed by atoms with Gasteiger partial charge in [0.05, 0.1) is 6.61 Å². The van der Waals surface area contributed by atoms with Crippen LogP contribution in [0.2, 0.25) is 0 Å². The van der Waals surface area contributed by atoms with Crippen molar-refractivity contribution in [1.29, 1.82) is 0 Å². The average molecular weight is 265 g/mol. The molecule has 0 saturated carbocycles. The van der Waals surface area contributed by atoms with Gasteiger partial charge in [-0.25, -0.2) is 4.39 Å². The van der Waals surface area contributed by atoms with Gasteiger partial charge in [-0.15, -0.1) is 0 Å². The van der Waals surface area contributed by atoms with Crippen molar-refractivity contribution < 1.29 is 13.7 Å². The van der Waals surface area contributed by atoms with Gasteiger partial charge in [0.2, 0.25) is 0 Å². The normalized spacial score (nSPS) is 14.4. The topological polar surface area (TPSA) is 74.2 Å². The molecule has 2 rings (SSSR count). The molecule has 19 heavy (non-hydrogen) atoms. The van der Waals surface area contributed by atoms with Gasteiger partial charge in [0.25, 0.3) is 5.89 Å². The second-order valence-corrected chi connectivity index (χ2v) is 4.74. The molecule has 6 heteroatoms. The fraction of sp³-hybridized carbons (Fsp3) is 0.385. The minimum absolute atomic E-state index is 0.238. The molecule has 2 aromatic rings. The van der Waals surface area contributed by atoms with E-state index in [0.717, 1.165) is 0 Å². The molecule has 1 unspecified atom stereocenters. The number of halogens is 1. The lowest BCUT2D eigenvalue weighted by Crippen LogP contribution is -2.38. The average Bonchev–Trinajstić information content (AvgIpc) is 2.83. The van der Waals surface area contributed by atoms with Crippen LogP contribution in [0.15, 0.2) is 22.7 Å². The number of hydrogen-bond acceptors (Lipinski definition) is 5. The molecule has 5 nitrogen and oxygen atoms in total. The molecular weight excluding hydrogens is 249 g/mol. The Labute approximate surface area is 110 Å². The van der Waals surface area contributed by atoms with Crippen LogP contribution in [0, 0.1) is 12.7 Å². The first-order chi connectivity index (χ1) is 8.94. The first-order valence-corrected chi connectivity index (χ1v) is 5.82. The van der Waals surface area contributed by atoms with Gasteiger partial charge in [-0.2, -0.15) is 4.98 Å². The summed E-state index contributed by atoms with van der Waals surface area (Å²) in [4.78, 5) is 4.19. The maximum absolute atomic E-state index is 13.5. The second-order valence-electron chi connectivity index (χ2n) is 4.74. The van der Waals surface area contributed by atoms with Crippen molar-refractivity contribution in [3.05, 3.63) is 35.4 Å². The van der Waals surface area contributed by atoms with Crippen LogP contribution in [0.5, 0.6) is 0 Å². The van der Waals surface area contributed by atoms with Gasteiger partial charge in [-0.05, 0) is 31.5 Å². The highest BCUT2D eigenvalue weighted by Gasteiger charge is 2.27. The van der Waals surface area contributed by atoms with E-state index in [1.807, 2.05) is 0 Å². The minimum Gasteiger partial charge on any atom is -0.382 e. The van der Waals surface area contributed by atoms with Crippen molar-refractivity contribution in [3.63, 3.8) is 0 Å². The largest absolute Gasteiger partial charge is 0.382 e. The summed E-state index contributed by atoms with van der Waals surface area (Å²) in [5.74, 6) is 0.247. The first-order valence-electron chi connectivity index (χ1n) is 5.82. The van der Waals surface area contributed by atoms with E-state index in [1.54, 1.807) is 33.1 Å². The third-order valence-corrected chi connectivity index (χ3v) is 2.80. The van der Waals surface area contributed by atoms with Crippen molar-refractivity contribution in [2.24, 2.45) is 5.73 Å². The number of hydrogen-bond donors (Lipinski definition) is 1. The van der Waals surface area contributed by atoms with Crippen LogP contribution in [0.4, 0.5) is 4.39 Å². The number of aromatic nitrogens is 2. The minimum atomic E-state index is -0.847. The Morgan fingerprint density at radius 3 is 2.84 bits per heavy atom. The molecule has 0 bridgehead atoms. The zero-order chi connectivity index (χ0) is 14.0. The van der Waals surface area contributed by atoms with E-state index < -0.39 is 5.54 Å². The van der Waals surface area contributed by atoms with Gasteiger partial charge in [0.1, 0.15) is 11.4 Å². The van der Waals surface area contributed by atoms with Gasteiger partial charge in [-0.3, -0.25) is 0 Å². The summed E-state index contributed by atoms with van der Waals surface area (Å²) in [5, 5.41) is 3.82. The molecule has 0 saturated heterocycles. The zero-order valence-electron chi connectivity index (χ0n) is 11.1. The van der Waals surface area contributed by atoms with Crippen LogP contribution in [0.1, 0.15) is 18.3 Å². The van der Waals surface area contributed by atoms with Gasteiger partial charge in [-0.1, -0.05) is 11.2 Å². The number of nitrogens with zero attached hydrogens (tertiary/aromatic N) is 2. The van der Waals surface area contributed by atoms with Crippen LogP contribution in [0.25, 0.3) is 11.5 Å². The third-order valence-electron chi connectivity index (χ3n) is 2.80. The predicted octanol–water partition coefficient (Wildman–Crippen LogP) is 2.00. The Morgan fingerprint density at radius 1 is 1.47 bits per heavy atom. The van der Waals surface area contributed by atoms with E-state index in [-0.39, 0.29) is 18.3 Å². The summed E-state index contributed by atoms with van der Waals surface area (Å²) >= 11 is 0. The Morgan fingerprint density at radius 2 is 2.21 bits per heavy atom. The Bertz CT molecular complexity index is 581. The van der Waals surface area contributed by atoms with E-state index in [0.29, 0.717) is 17.0 Å². The standard InChI is InChI=1S/C13H16FN3O2/c1-8-4-5-9(6-10(8)14)11-16-12(17-19-11)13(2,15)7-18-3/h4-6H,7,15H2,1-3H3. The van der Waals surface area contributed by atoms with Gasteiger partial charge in [0, 0.05) is 12.7 Å². The van der Waals surface area contributed by atoms with Gasteiger partial charge < -0.3 is 15.0 Å². The monoisotopic (exact) mass is 265 g/mol. The van der Waals surface area contributed by atoms with Crippen molar-refractivity contribution in [1.82, 2.24) is 10.1 Å². The lowest BCUT2D eigenvalue weighted by Gasteiger charge is -2.18. The maximum Gasteiger partial charge on any atom is 0.258 e. The maximum atomic E-state index is 13.5. The molecule has 1 aromatic carbocycles. The zero-order valence-corrected chi connectivity index (χ0v) is 11.1. The van der Waals surface area contributed by atoms with Crippen LogP contribution in [-0.2, 0) is 10.3 Å². The smallest absolute Gasteiger partial charge is 0.258 e. The summed E-state index contributed by atoms with van der Waals surface area (Å²) in [6.07, 6.45) is 0. The molecule has 0 aliphatic heterocycles. The van der Waals surface area contributed by atoms with E-state index in [1.165, 1.54) is 6.07 Å². The van der Waals surface area contributed by atoms with Crippen LogP contribution in [-0.4, -0.2) is 23.9 Å². The number of rotatable bonds is 4. The van der Waals surface area contributed by atoms with Gasteiger partial charge >= 0.3 is 0 Å². The molecule has 0 spiro atoms. The number of nitrogens with two attached hydrogens (primary N) is 1. The highest BCUT2D eigenvalue weighted by molar-refractivity contribution is 5.53. The lowest BCUT2D eigenvalue weighted by atomic mass is 10.1. The highest BCUT2D eigenvalue weighted by atomic mass is 19.1. The lowest BCUT2D eigenvalue weighted by molar-refractivity contribution is 0.135. The summed E-state index contributed by atoms with van der Waals surface area (Å²) in [5.41, 5.74) is 6.25. The second kappa shape index (κ2) is 5.07. The van der Waals surface area contributed by atoms with Crippen LogP contribution in [0.3, 0.4) is 0 Å². The van der Waals surface area contributed by atoms with Crippen LogP contribution < -0.4 is 5.73 Å². The molecule has 2 N–H and O–H groups in total. The molecule has 0 aliphatic rings. The summed E-state index contributed by atoms with van der Waals surface area (Å²) < 4.78 is 23.6. The van der Waals surface area contributed by atoms with Crippen LogP contribution >= 0.6 is 0 Å². The number of ether oxygens (including phenoxy) is 1. The third kappa shape index (κ3) is 2.80. The van der Waals surface area contributed by atoms with E-state index in [9.17, 15) is 4.39 Å². The van der Waals surface area contributed by atoms with E-state index >= 15 is 0 Å². The van der Waals surface area contributed by atoms with E-state index in [4.69, 9.17) is 15.0 Å². The molecule has 0 amide bonds. The van der Waals surface area contributed by atoms with Crippen molar-refractivity contribution >= 4 is 0 Å². The molecule has 1 atom stereocenters. The van der Waals surface area contributed by atoms with Gasteiger partial charge in [0.15, 0.2) is 5.82 Å². The predicted molar refractivity (Wildman–Crippen MR) is 67.8 cm³/mol. The summed E-state index contributed by atoms with van der Waals surface area (Å²) in [6.45, 7) is 3.68. The fourth-order valence-electron chi connectivity index (χ4n) is 1.66. The molecule has 0 aliphatic carbocycles. The molecular formula is C13H16FN3O2. The Kier molecular flexibility index (Phi) is 3.64. The van der Waals surface area contributed by atoms with E-state index in [2.05, 4.69) is 10.1 Å². The molecule has 102 valence electrons. The Balaban J connectivity index is 2.33. The van der Waals surface area contributed by atoms with Crippen molar-refractivity contribution in [2.45, 2.75) is 19.4 Å². The molecule has 1 heterocycles. The quantitative estimate of drug-likeness (QED) is 0.915. The summed E-state index contributed by atoms with van der Waals surface area (Å²) in [6, 6.07) is 4.74. The highest BCUT2D eigenvalue weighted by Crippen LogP contribution is 2.23. The summed E-state index contributed by atoms with van der Waals surface area (Å²) in [7, 11) is 1.54. The van der Waals surface area contributed by atoms with Crippen molar-refractivity contribution in [2.75, 3.05) is 13.7 Å². The SMILES string of the molecule is COCC(C)(N)c1noc(-c2ccc(C)c(F)c2)n1. The molecule has 0 radical (unpaired) electrons.